The topological polar surface area (TPSA) is 65.6 Å². The lowest BCUT2D eigenvalue weighted by Gasteiger charge is -2.08. The maximum Gasteiger partial charge on any atom is 0.256 e. The van der Waals surface area contributed by atoms with Crippen molar-refractivity contribution >= 4 is 0 Å². The van der Waals surface area contributed by atoms with Crippen molar-refractivity contribution in [2.24, 2.45) is 0 Å². The highest BCUT2D eigenvalue weighted by molar-refractivity contribution is 5.12. The third-order valence-electron chi connectivity index (χ3n) is 2.96. The van der Waals surface area contributed by atoms with Crippen molar-refractivity contribution in [2.75, 3.05) is 0 Å². The van der Waals surface area contributed by atoms with E-state index < -0.39 is 0 Å². The number of nitrogens with zero attached hydrogens (tertiary/aromatic N) is 5. The van der Waals surface area contributed by atoms with Crippen molar-refractivity contribution in [1.29, 1.82) is 0 Å². The SMILES string of the molecule is CCCn1ncnc1Cn1cnc(C)c(C)c1=O. The average Bonchev–Trinajstić information content (AvgIpc) is 2.78. The fraction of sp³-hybridized carbons (Fsp3) is 0.500. The average molecular weight is 247 g/mol. The molecule has 0 aliphatic carbocycles. The van der Waals surface area contributed by atoms with Crippen LogP contribution < -0.4 is 5.56 Å². The Bertz CT molecular complexity index is 599. The van der Waals surface area contributed by atoms with Crippen molar-refractivity contribution in [3.8, 4) is 0 Å². The maximum absolute atomic E-state index is 12.1. The number of aryl methyl sites for hydroxylation is 2. The van der Waals surface area contributed by atoms with Crippen molar-refractivity contribution < 1.29 is 0 Å². The molecule has 0 aromatic carbocycles. The van der Waals surface area contributed by atoms with Gasteiger partial charge in [-0.1, -0.05) is 6.92 Å². The van der Waals surface area contributed by atoms with Crippen molar-refractivity contribution in [1.82, 2.24) is 24.3 Å². The zero-order valence-electron chi connectivity index (χ0n) is 10.9. The van der Waals surface area contributed by atoms with Gasteiger partial charge in [0.1, 0.15) is 12.2 Å². The van der Waals surface area contributed by atoms with Gasteiger partial charge in [0.25, 0.3) is 5.56 Å². The molecule has 0 radical (unpaired) electrons. The highest BCUT2D eigenvalue weighted by Gasteiger charge is 2.08. The molecule has 0 atom stereocenters. The summed E-state index contributed by atoms with van der Waals surface area (Å²) < 4.78 is 3.39. The molecular weight excluding hydrogens is 230 g/mol. The summed E-state index contributed by atoms with van der Waals surface area (Å²) in [5.74, 6) is 0.781. The Morgan fingerprint density at radius 1 is 1.28 bits per heavy atom. The minimum absolute atomic E-state index is 0.0199. The van der Waals surface area contributed by atoms with Crippen molar-refractivity contribution in [2.45, 2.75) is 40.3 Å². The Hall–Kier alpha value is -1.98. The zero-order chi connectivity index (χ0) is 13.1. The summed E-state index contributed by atoms with van der Waals surface area (Å²) in [7, 11) is 0. The van der Waals surface area contributed by atoms with Gasteiger partial charge in [0.05, 0.1) is 12.9 Å². The first kappa shape index (κ1) is 12.5. The Morgan fingerprint density at radius 2 is 2.06 bits per heavy atom. The zero-order valence-corrected chi connectivity index (χ0v) is 10.9. The normalized spacial score (nSPS) is 10.8. The molecule has 0 bridgehead atoms. The van der Waals surface area contributed by atoms with Gasteiger partial charge in [0.2, 0.25) is 0 Å². The summed E-state index contributed by atoms with van der Waals surface area (Å²) >= 11 is 0. The molecule has 96 valence electrons. The molecule has 0 unspecified atom stereocenters. The summed E-state index contributed by atoms with van der Waals surface area (Å²) in [4.78, 5) is 20.4. The van der Waals surface area contributed by atoms with Crippen LogP contribution in [0.1, 0.15) is 30.4 Å². The second-order valence-corrected chi connectivity index (χ2v) is 4.29. The van der Waals surface area contributed by atoms with Gasteiger partial charge in [-0.2, -0.15) is 5.10 Å². The van der Waals surface area contributed by atoms with Gasteiger partial charge in [0, 0.05) is 17.8 Å². The quantitative estimate of drug-likeness (QED) is 0.805. The van der Waals surface area contributed by atoms with Crippen LogP contribution in [0.5, 0.6) is 0 Å². The van der Waals surface area contributed by atoms with Crippen LogP contribution in [0.15, 0.2) is 17.4 Å². The number of aromatic nitrogens is 5. The maximum atomic E-state index is 12.1. The molecule has 0 N–H and O–H groups in total. The highest BCUT2D eigenvalue weighted by Crippen LogP contribution is 2.00. The molecule has 0 fully saturated rings. The van der Waals surface area contributed by atoms with Crippen LogP contribution in [0.3, 0.4) is 0 Å². The molecule has 0 aliphatic rings. The molecule has 0 aliphatic heterocycles. The highest BCUT2D eigenvalue weighted by atomic mass is 16.1. The fourth-order valence-corrected chi connectivity index (χ4v) is 1.75. The van der Waals surface area contributed by atoms with E-state index in [2.05, 4.69) is 22.0 Å². The minimum atomic E-state index is -0.0199. The van der Waals surface area contributed by atoms with Crippen LogP contribution in [0, 0.1) is 13.8 Å². The van der Waals surface area contributed by atoms with E-state index in [1.165, 1.54) is 6.33 Å². The summed E-state index contributed by atoms with van der Waals surface area (Å²) in [6.45, 7) is 6.92. The predicted molar refractivity (Wildman–Crippen MR) is 67.4 cm³/mol. The Kier molecular flexibility index (Phi) is 3.55. The monoisotopic (exact) mass is 247 g/mol. The molecule has 2 rings (SSSR count). The molecule has 0 spiro atoms. The summed E-state index contributed by atoms with van der Waals surface area (Å²) in [5, 5.41) is 4.14. The van der Waals surface area contributed by atoms with Crippen LogP contribution in [0.4, 0.5) is 0 Å². The number of rotatable bonds is 4. The van der Waals surface area contributed by atoms with Gasteiger partial charge < -0.3 is 0 Å². The summed E-state index contributed by atoms with van der Waals surface area (Å²) in [5.41, 5.74) is 1.43. The lowest BCUT2D eigenvalue weighted by atomic mass is 10.3. The first-order valence-electron chi connectivity index (χ1n) is 6.02. The number of hydrogen-bond acceptors (Lipinski definition) is 4. The predicted octanol–water partition coefficient (Wildman–Crippen LogP) is 0.910. The molecule has 6 nitrogen and oxygen atoms in total. The Labute approximate surface area is 105 Å². The van der Waals surface area contributed by atoms with Crippen LogP contribution in [-0.2, 0) is 13.1 Å². The van der Waals surface area contributed by atoms with Crippen LogP contribution in [0.25, 0.3) is 0 Å². The van der Waals surface area contributed by atoms with Gasteiger partial charge in [-0.05, 0) is 20.3 Å². The van der Waals surface area contributed by atoms with E-state index in [9.17, 15) is 4.79 Å². The third kappa shape index (κ3) is 2.32. The van der Waals surface area contributed by atoms with E-state index in [1.54, 1.807) is 17.8 Å². The summed E-state index contributed by atoms with van der Waals surface area (Å²) in [6, 6.07) is 0. The molecule has 2 aromatic heterocycles. The van der Waals surface area contributed by atoms with E-state index in [4.69, 9.17) is 0 Å². The molecule has 0 saturated carbocycles. The lowest BCUT2D eigenvalue weighted by molar-refractivity contribution is 0.547. The Balaban J connectivity index is 2.32. The molecule has 2 aromatic rings. The Morgan fingerprint density at radius 3 is 2.78 bits per heavy atom. The van der Waals surface area contributed by atoms with Gasteiger partial charge in [-0.25, -0.2) is 14.6 Å². The van der Waals surface area contributed by atoms with Crippen molar-refractivity contribution in [3.63, 3.8) is 0 Å². The fourth-order valence-electron chi connectivity index (χ4n) is 1.75. The largest absolute Gasteiger partial charge is 0.291 e. The van der Waals surface area contributed by atoms with Crippen LogP contribution >= 0.6 is 0 Å². The standard InChI is InChI=1S/C12H17N5O/c1-4-5-17-11(13-7-15-17)6-16-8-14-10(3)9(2)12(16)18/h7-8H,4-6H2,1-3H3. The van der Waals surface area contributed by atoms with E-state index in [-0.39, 0.29) is 5.56 Å². The molecule has 0 saturated heterocycles. The molecule has 18 heavy (non-hydrogen) atoms. The van der Waals surface area contributed by atoms with E-state index in [0.717, 1.165) is 24.5 Å². The first-order valence-corrected chi connectivity index (χ1v) is 6.02. The van der Waals surface area contributed by atoms with Crippen molar-refractivity contribution in [3.05, 3.63) is 40.1 Å². The minimum Gasteiger partial charge on any atom is -0.291 e. The number of hydrogen-bond donors (Lipinski definition) is 0. The van der Waals surface area contributed by atoms with Crippen LogP contribution in [0.2, 0.25) is 0 Å². The molecule has 0 amide bonds. The van der Waals surface area contributed by atoms with Gasteiger partial charge in [0.15, 0.2) is 0 Å². The van der Waals surface area contributed by atoms with E-state index in [1.807, 2.05) is 11.6 Å². The molecular formula is C12H17N5O. The third-order valence-corrected chi connectivity index (χ3v) is 2.96. The second kappa shape index (κ2) is 5.12. The molecule has 2 heterocycles. The smallest absolute Gasteiger partial charge is 0.256 e. The van der Waals surface area contributed by atoms with E-state index >= 15 is 0 Å². The van der Waals surface area contributed by atoms with Gasteiger partial charge in [-0.15, -0.1) is 0 Å². The van der Waals surface area contributed by atoms with Gasteiger partial charge in [-0.3, -0.25) is 9.36 Å². The van der Waals surface area contributed by atoms with Gasteiger partial charge >= 0.3 is 0 Å². The first-order chi connectivity index (χ1) is 8.63. The lowest BCUT2D eigenvalue weighted by Crippen LogP contribution is -2.25. The summed E-state index contributed by atoms with van der Waals surface area (Å²) in [6.07, 6.45) is 4.07. The van der Waals surface area contributed by atoms with E-state index in [0.29, 0.717) is 12.1 Å². The van der Waals surface area contributed by atoms with Crippen LogP contribution in [-0.4, -0.2) is 24.3 Å². The molecule has 6 heteroatoms. The second-order valence-electron chi connectivity index (χ2n) is 4.29.